The first-order chi connectivity index (χ1) is 6.68. The van der Waals surface area contributed by atoms with Crippen LogP contribution in [0.4, 0.5) is 0 Å². The zero-order chi connectivity index (χ0) is 10.2. The Morgan fingerprint density at radius 2 is 2.50 bits per heavy atom. The highest BCUT2D eigenvalue weighted by Crippen LogP contribution is 2.38. The van der Waals surface area contributed by atoms with Gasteiger partial charge in [0.05, 0.1) is 17.9 Å². The van der Waals surface area contributed by atoms with Crippen LogP contribution in [0.5, 0.6) is 0 Å². The quantitative estimate of drug-likeness (QED) is 0.728. The molecule has 0 bridgehead atoms. The van der Waals surface area contributed by atoms with Gasteiger partial charge in [0.1, 0.15) is 5.76 Å². The number of carbonyl (C=O) groups is 1. The number of carbonyl (C=O) groups excluding carboxylic acids is 1. The molecule has 74 valence electrons. The van der Waals surface area contributed by atoms with Crippen molar-refractivity contribution in [1.29, 1.82) is 5.41 Å². The smallest absolute Gasteiger partial charge is 0.186 e. The lowest BCUT2D eigenvalue weighted by Gasteiger charge is -2.29. The van der Waals surface area contributed by atoms with Crippen molar-refractivity contribution in [1.82, 2.24) is 0 Å². The average Bonchev–Trinajstić information content (AvgIpc) is 2.66. The van der Waals surface area contributed by atoms with Gasteiger partial charge >= 0.3 is 0 Å². The first-order valence-electron chi connectivity index (χ1n) is 4.80. The second kappa shape index (κ2) is 3.08. The van der Waals surface area contributed by atoms with Crippen LogP contribution in [0.15, 0.2) is 16.7 Å². The average molecular weight is 191 g/mol. The Labute approximate surface area is 82.6 Å². The fraction of sp³-hybridized carbons (Fsp3) is 0.455. The largest absolute Gasteiger partial charge is 0.468 e. The first kappa shape index (κ1) is 9.19. The molecule has 1 aliphatic rings. The molecule has 1 aromatic rings. The maximum Gasteiger partial charge on any atom is 0.186 e. The Bertz CT molecular complexity index is 380. The Kier molecular flexibility index (Phi) is 2.02. The molecule has 0 radical (unpaired) electrons. The van der Waals surface area contributed by atoms with Gasteiger partial charge in [-0.25, -0.2) is 0 Å². The SMILES string of the molecule is CC1(C(=O)C=N)CCCc2ccoc21. The summed E-state index contributed by atoms with van der Waals surface area (Å²) in [6, 6.07) is 1.92. The van der Waals surface area contributed by atoms with Gasteiger partial charge in [0.2, 0.25) is 0 Å². The molecule has 0 saturated carbocycles. The number of hydrogen-bond donors (Lipinski definition) is 1. The van der Waals surface area contributed by atoms with Crippen molar-refractivity contribution in [3.63, 3.8) is 0 Å². The van der Waals surface area contributed by atoms with E-state index >= 15 is 0 Å². The minimum Gasteiger partial charge on any atom is -0.468 e. The van der Waals surface area contributed by atoms with Crippen molar-refractivity contribution in [3.8, 4) is 0 Å². The van der Waals surface area contributed by atoms with Gasteiger partial charge in [0, 0.05) is 0 Å². The van der Waals surface area contributed by atoms with E-state index in [1.165, 1.54) is 0 Å². The predicted molar refractivity (Wildman–Crippen MR) is 52.8 cm³/mol. The fourth-order valence-corrected chi connectivity index (χ4v) is 2.16. The molecule has 0 spiro atoms. The van der Waals surface area contributed by atoms with Crippen LogP contribution in [0.2, 0.25) is 0 Å². The van der Waals surface area contributed by atoms with E-state index in [-0.39, 0.29) is 5.78 Å². The van der Waals surface area contributed by atoms with E-state index in [4.69, 9.17) is 9.83 Å². The number of fused-ring (bicyclic) bond motifs is 1. The summed E-state index contributed by atoms with van der Waals surface area (Å²) in [5, 5.41) is 7.05. The van der Waals surface area contributed by atoms with Crippen LogP contribution < -0.4 is 0 Å². The lowest BCUT2D eigenvalue weighted by Crippen LogP contribution is -2.36. The van der Waals surface area contributed by atoms with Gasteiger partial charge < -0.3 is 9.83 Å². The van der Waals surface area contributed by atoms with E-state index in [2.05, 4.69) is 0 Å². The summed E-state index contributed by atoms with van der Waals surface area (Å²) in [7, 11) is 0. The zero-order valence-electron chi connectivity index (χ0n) is 8.17. The molecule has 1 unspecified atom stereocenters. The monoisotopic (exact) mass is 191 g/mol. The van der Waals surface area contributed by atoms with E-state index in [9.17, 15) is 4.79 Å². The lowest BCUT2D eigenvalue weighted by molar-refractivity contribution is -0.118. The number of aryl methyl sites for hydroxylation is 1. The highest BCUT2D eigenvalue weighted by Gasteiger charge is 2.40. The second-order valence-corrected chi connectivity index (χ2v) is 3.97. The van der Waals surface area contributed by atoms with Crippen LogP contribution in [0.3, 0.4) is 0 Å². The Morgan fingerprint density at radius 3 is 3.21 bits per heavy atom. The number of furan rings is 1. The van der Waals surface area contributed by atoms with Gasteiger partial charge in [-0.2, -0.15) is 0 Å². The van der Waals surface area contributed by atoms with Gasteiger partial charge in [-0.1, -0.05) is 0 Å². The second-order valence-electron chi connectivity index (χ2n) is 3.97. The maximum atomic E-state index is 11.6. The summed E-state index contributed by atoms with van der Waals surface area (Å²) in [5.74, 6) is 0.602. The van der Waals surface area contributed by atoms with E-state index in [1.807, 2.05) is 13.0 Å². The van der Waals surface area contributed by atoms with Gasteiger partial charge in [0.25, 0.3) is 0 Å². The summed E-state index contributed by atoms with van der Waals surface area (Å²) in [4.78, 5) is 11.6. The predicted octanol–water partition coefficient (Wildman–Crippen LogP) is 2.09. The van der Waals surface area contributed by atoms with Gasteiger partial charge in [-0.3, -0.25) is 4.79 Å². The van der Waals surface area contributed by atoms with Crippen LogP contribution >= 0.6 is 0 Å². The molecule has 0 saturated heterocycles. The summed E-state index contributed by atoms with van der Waals surface area (Å²) >= 11 is 0. The van der Waals surface area contributed by atoms with E-state index in [0.29, 0.717) is 0 Å². The summed E-state index contributed by atoms with van der Waals surface area (Å²) in [5.41, 5.74) is 0.521. The summed E-state index contributed by atoms with van der Waals surface area (Å²) in [6.45, 7) is 1.86. The number of Topliss-reactive ketones (excluding diaryl/α,β-unsaturated/α-hetero) is 1. The van der Waals surface area contributed by atoms with E-state index in [1.54, 1.807) is 6.26 Å². The number of rotatable bonds is 2. The number of hydrogen-bond acceptors (Lipinski definition) is 3. The molecular weight excluding hydrogens is 178 g/mol. The molecule has 1 aliphatic carbocycles. The lowest BCUT2D eigenvalue weighted by atomic mass is 9.73. The molecule has 1 aromatic heterocycles. The van der Waals surface area contributed by atoms with E-state index < -0.39 is 5.41 Å². The van der Waals surface area contributed by atoms with Crippen molar-refractivity contribution in [2.24, 2.45) is 0 Å². The molecule has 1 N–H and O–H groups in total. The van der Waals surface area contributed by atoms with Crippen molar-refractivity contribution < 1.29 is 9.21 Å². The van der Waals surface area contributed by atoms with Crippen LogP contribution in [0.1, 0.15) is 31.1 Å². The van der Waals surface area contributed by atoms with Crippen LogP contribution in [-0.2, 0) is 16.6 Å². The topological polar surface area (TPSA) is 54.1 Å². The Balaban J connectivity index is 2.49. The molecule has 0 amide bonds. The fourth-order valence-electron chi connectivity index (χ4n) is 2.16. The molecule has 0 fully saturated rings. The minimum atomic E-state index is -0.598. The van der Waals surface area contributed by atoms with Gasteiger partial charge in [-0.15, -0.1) is 0 Å². The van der Waals surface area contributed by atoms with Crippen LogP contribution in [0, 0.1) is 5.41 Å². The third kappa shape index (κ3) is 1.12. The van der Waals surface area contributed by atoms with Crippen molar-refractivity contribution in [2.75, 3.05) is 0 Å². The highest BCUT2D eigenvalue weighted by atomic mass is 16.3. The first-order valence-corrected chi connectivity index (χ1v) is 4.80. The number of nitrogens with one attached hydrogen (secondary N) is 1. The number of ketones is 1. The molecule has 1 atom stereocenters. The molecule has 0 aromatic carbocycles. The molecule has 3 heteroatoms. The molecule has 0 aliphatic heterocycles. The Hall–Kier alpha value is -1.38. The van der Waals surface area contributed by atoms with Gasteiger partial charge in [-0.05, 0) is 37.8 Å². The third-order valence-electron chi connectivity index (χ3n) is 3.05. The zero-order valence-corrected chi connectivity index (χ0v) is 8.17. The summed E-state index contributed by atoms with van der Waals surface area (Å²) < 4.78 is 5.37. The standard InChI is InChI=1S/C11H13NO2/c1-11(9(13)7-12)5-2-3-8-4-6-14-10(8)11/h4,6-7,12H,2-3,5H2,1H3. The molecule has 14 heavy (non-hydrogen) atoms. The minimum absolute atomic E-state index is 0.159. The van der Waals surface area contributed by atoms with E-state index in [0.717, 1.165) is 36.8 Å². The van der Waals surface area contributed by atoms with Crippen molar-refractivity contribution in [2.45, 2.75) is 31.6 Å². The van der Waals surface area contributed by atoms with Crippen LogP contribution in [0.25, 0.3) is 0 Å². The normalized spacial score (nSPS) is 25.5. The van der Waals surface area contributed by atoms with Gasteiger partial charge in [0.15, 0.2) is 5.78 Å². The van der Waals surface area contributed by atoms with Crippen molar-refractivity contribution in [3.05, 3.63) is 23.7 Å². The van der Waals surface area contributed by atoms with Crippen LogP contribution in [-0.4, -0.2) is 12.0 Å². The molecule has 3 nitrogen and oxygen atoms in total. The highest BCUT2D eigenvalue weighted by molar-refractivity contribution is 6.30. The third-order valence-corrected chi connectivity index (χ3v) is 3.05. The Morgan fingerprint density at radius 1 is 1.71 bits per heavy atom. The van der Waals surface area contributed by atoms with Crippen molar-refractivity contribution >= 4 is 12.0 Å². The maximum absolute atomic E-state index is 11.6. The molecule has 2 rings (SSSR count). The molecular formula is C11H13NO2. The summed E-state index contributed by atoms with van der Waals surface area (Å²) in [6.07, 6.45) is 5.28. The molecule has 1 heterocycles.